The molecule has 22 heavy (non-hydrogen) atoms. The molecule has 3 rings (SSSR count). The molecule has 0 unspecified atom stereocenters. The van der Waals surface area contributed by atoms with Gasteiger partial charge in [-0.2, -0.15) is 0 Å². The van der Waals surface area contributed by atoms with Crippen molar-refractivity contribution in [2.45, 2.75) is 13.3 Å². The van der Waals surface area contributed by atoms with E-state index < -0.39 is 5.97 Å². The lowest BCUT2D eigenvalue weighted by molar-refractivity contribution is 0.0689. The number of hydrogen-bond acceptors (Lipinski definition) is 3. The Kier molecular flexibility index (Phi) is 3.70. The maximum atomic E-state index is 11.4. The van der Waals surface area contributed by atoms with E-state index >= 15 is 0 Å². The van der Waals surface area contributed by atoms with Crippen molar-refractivity contribution in [3.8, 4) is 5.69 Å². The predicted octanol–water partition coefficient (Wildman–Crippen LogP) is 2.86. The Morgan fingerprint density at radius 2 is 1.77 bits per heavy atom. The maximum absolute atomic E-state index is 11.4. The number of carboxylic acids is 1. The Morgan fingerprint density at radius 1 is 1.09 bits per heavy atom. The summed E-state index contributed by atoms with van der Waals surface area (Å²) in [5.41, 5.74) is 3.44. The molecular weight excluding hydrogens is 278 g/mol. The molecule has 5 nitrogen and oxygen atoms in total. The highest BCUT2D eigenvalue weighted by molar-refractivity contribution is 5.86. The summed E-state index contributed by atoms with van der Waals surface area (Å²) in [6.45, 7) is 1.96. The number of benzene rings is 2. The molecule has 0 spiro atoms. The van der Waals surface area contributed by atoms with Crippen LogP contribution in [0.15, 0.2) is 54.6 Å². The summed E-state index contributed by atoms with van der Waals surface area (Å²) in [5, 5.41) is 17.3. The van der Waals surface area contributed by atoms with Crippen molar-refractivity contribution in [3.63, 3.8) is 0 Å². The molecular formula is C17H15N3O2. The van der Waals surface area contributed by atoms with E-state index in [4.69, 9.17) is 0 Å². The van der Waals surface area contributed by atoms with Crippen LogP contribution in [0.5, 0.6) is 0 Å². The van der Waals surface area contributed by atoms with E-state index in [1.165, 1.54) is 0 Å². The number of hydrogen-bond donors (Lipinski definition) is 1. The minimum Gasteiger partial charge on any atom is -0.476 e. The minimum atomic E-state index is -1.06. The van der Waals surface area contributed by atoms with Gasteiger partial charge in [0.2, 0.25) is 0 Å². The van der Waals surface area contributed by atoms with Gasteiger partial charge in [-0.3, -0.25) is 0 Å². The van der Waals surface area contributed by atoms with Gasteiger partial charge in [-0.05, 0) is 24.1 Å². The zero-order valence-corrected chi connectivity index (χ0v) is 12.1. The molecule has 0 aliphatic heterocycles. The number of para-hydroxylation sites is 1. The summed E-state index contributed by atoms with van der Waals surface area (Å²) in [5.74, 6) is -1.06. The molecule has 0 saturated heterocycles. The van der Waals surface area contributed by atoms with Crippen molar-refractivity contribution in [3.05, 3.63) is 77.1 Å². The second-order valence-corrected chi connectivity index (χ2v) is 5.05. The molecule has 1 N–H and O–H groups in total. The van der Waals surface area contributed by atoms with Gasteiger partial charge < -0.3 is 5.11 Å². The highest BCUT2D eigenvalue weighted by Gasteiger charge is 2.20. The Balaban J connectivity index is 2.12. The third kappa shape index (κ3) is 2.61. The fourth-order valence-electron chi connectivity index (χ4n) is 2.41. The van der Waals surface area contributed by atoms with Crippen LogP contribution in [-0.2, 0) is 6.42 Å². The van der Waals surface area contributed by atoms with Gasteiger partial charge in [0.15, 0.2) is 5.69 Å². The number of carbonyl (C=O) groups is 1. The van der Waals surface area contributed by atoms with Gasteiger partial charge in [-0.1, -0.05) is 53.7 Å². The third-order valence-corrected chi connectivity index (χ3v) is 3.52. The molecule has 1 heterocycles. The van der Waals surface area contributed by atoms with Crippen LogP contribution in [0, 0.1) is 6.92 Å². The molecule has 0 bridgehead atoms. The second-order valence-electron chi connectivity index (χ2n) is 5.05. The Morgan fingerprint density at radius 3 is 2.45 bits per heavy atom. The normalized spacial score (nSPS) is 10.6. The fraction of sp³-hybridized carbons (Fsp3) is 0.118. The summed E-state index contributed by atoms with van der Waals surface area (Å²) in [6, 6.07) is 17.4. The topological polar surface area (TPSA) is 68.0 Å². The van der Waals surface area contributed by atoms with Crippen LogP contribution in [0.1, 0.15) is 27.3 Å². The predicted molar refractivity (Wildman–Crippen MR) is 82.3 cm³/mol. The summed E-state index contributed by atoms with van der Waals surface area (Å²) in [4.78, 5) is 11.4. The van der Waals surface area contributed by atoms with Crippen molar-refractivity contribution in [1.29, 1.82) is 0 Å². The Labute approximate surface area is 127 Å². The molecule has 1 aromatic heterocycles. The Hall–Kier alpha value is -2.95. The fourth-order valence-corrected chi connectivity index (χ4v) is 2.41. The highest BCUT2D eigenvalue weighted by atomic mass is 16.4. The van der Waals surface area contributed by atoms with Crippen molar-refractivity contribution >= 4 is 5.97 Å². The first-order chi connectivity index (χ1) is 10.7. The summed E-state index contributed by atoms with van der Waals surface area (Å²) in [6.07, 6.45) is 0.462. The summed E-state index contributed by atoms with van der Waals surface area (Å²) in [7, 11) is 0. The molecule has 110 valence electrons. The van der Waals surface area contributed by atoms with Gasteiger partial charge in [-0.25, -0.2) is 9.48 Å². The Bertz CT molecular complexity index is 810. The second kappa shape index (κ2) is 5.81. The zero-order valence-electron chi connectivity index (χ0n) is 12.1. The number of carboxylic acid groups (broad SMARTS) is 1. The lowest BCUT2D eigenvalue weighted by Crippen LogP contribution is -2.08. The standard InChI is InChI=1S/C17H15N3O2/c1-12-7-5-6-10-14(12)20-15(16(17(21)22)18-19-20)11-13-8-3-2-4-9-13/h2-10H,11H2,1H3,(H,21,22). The molecule has 0 atom stereocenters. The number of nitrogens with zero attached hydrogens (tertiary/aromatic N) is 3. The maximum Gasteiger partial charge on any atom is 0.358 e. The first-order valence-electron chi connectivity index (χ1n) is 6.94. The van der Waals surface area contributed by atoms with Crippen molar-refractivity contribution in [2.24, 2.45) is 0 Å². The first kappa shape index (κ1) is 14.0. The molecule has 0 radical (unpaired) electrons. The molecule has 0 saturated carbocycles. The van der Waals surface area contributed by atoms with Crippen LogP contribution in [0.4, 0.5) is 0 Å². The van der Waals surface area contributed by atoms with Crippen LogP contribution in [0.25, 0.3) is 5.69 Å². The lowest BCUT2D eigenvalue weighted by atomic mass is 10.1. The van der Waals surface area contributed by atoms with E-state index in [1.807, 2.05) is 61.5 Å². The van der Waals surface area contributed by atoms with E-state index in [0.717, 1.165) is 16.8 Å². The van der Waals surface area contributed by atoms with Gasteiger partial charge in [0.05, 0.1) is 11.4 Å². The average Bonchev–Trinajstić information content (AvgIpc) is 2.92. The summed E-state index contributed by atoms with van der Waals surface area (Å²) < 4.78 is 1.62. The van der Waals surface area contributed by atoms with Crippen LogP contribution >= 0.6 is 0 Å². The molecule has 5 heteroatoms. The van der Waals surface area contributed by atoms with Gasteiger partial charge in [0.1, 0.15) is 0 Å². The van der Waals surface area contributed by atoms with Crippen LogP contribution in [-0.4, -0.2) is 26.1 Å². The molecule has 0 aliphatic carbocycles. The molecule has 2 aromatic carbocycles. The monoisotopic (exact) mass is 293 g/mol. The molecule has 0 aliphatic rings. The number of aryl methyl sites for hydroxylation is 1. The SMILES string of the molecule is Cc1ccccc1-n1nnc(C(=O)O)c1Cc1ccccc1. The average molecular weight is 293 g/mol. The van der Waals surface area contributed by atoms with Gasteiger partial charge >= 0.3 is 5.97 Å². The van der Waals surface area contributed by atoms with Crippen LogP contribution in [0.3, 0.4) is 0 Å². The van der Waals surface area contributed by atoms with Gasteiger partial charge in [0.25, 0.3) is 0 Å². The van der Waals surface area contributed by atoms with Crippen molar-refractivity contribution in [1.82, 2.24) is 15.0 Å². The van der Waals surface area contributed by atoms with Crippen molar-refractivity contribution < 1.29 is 9.90 Å². The first-order valence-corrected chi connectivity index (χ1v) is 6.94. The number of rotatable bonds is 4. The van der Waals surface area contributed by atoms with Crippen LogP contribution < -0.4 is 0 Å². The molecule has 0 amide bonds. The van der Waals surface area contributed by atoms with Gasteiger partial charge in [-0.15, -0.1) is 5.10 Å². The minimum absolute atomic E-state index is 0.00731. The van der Waals surface area contributed by atoms with E-state index in [1.54, 1.807) is 4.68 Å². The quantitative estimate of drug-likeness (QED) is 0.803. The van der Waals surface area contributed by atoms with Crippen molar-refractivity contribution in [2.75, 3.05) is 0 Å². The van der Waals surface area contributed by atoms with E-state index in [2.05, 4.69) is 10.3 Å². The zero-order chi connectivity index (χ0) is 15.5. The van der Waals surface area contributed by atoms with Crippen LogP contribution in [0.2, 0.25) is 0 Å². The highest BCUT2D eigenvalue weighted by Crippen LogP contribution is 2.19. The lowest BCUT2D eigenvalue weighted by Gasteiger charge is -2.09. The molecule has 3 aromatic rings. The number of aromatic carboxylic acids is 1. The van der Waals surface area contributed by atoms with E-state index in [-0.39, 0.29) is 5.69 Å². The van der Waals surface area contributed by atoms with E-state index in [0.29, 0.717) is 12.1 Å². The third-order valence-electron chi connectivity index (χ3n) is 3.52. The number of aromatic nitrogens is 3. The van der Waals surface area contributed by atoms with E-state index in [9.17, 15) is 9.90 Å². The van der Waals surface area contributed by atoms with Gasteiger partial charge in [0, 0.05) is 6.42 Å². The molecule has 0 fully saturated rings. The smallest absolute Gasteiger partial charge is 0.358 e. The largest absolute Gasteiger partial charge is 0.476 e. The summed E-state index contributed by atoms with van der Waals surface area (Å²) >= 11 is 0.